The first-order valence-corrected chi connectivity index (χ1v) is 7.11. The van der Waals surface area contributed by atoms with Crippen LogP contribution in [-0.4, -0.2) is 56.5 Å². The first-order chi connectivity index (χ1) is 9.85. The van der Waals surface area contributed by atoms with Crippen molar-refractivity contribution in [3.05, 3.63) is 18.0 Å². The van der Waals surface area contributed by atoms with Gasteiger partial charge in [0.05, 0.1) is 13.2 Å². The highest BCUT2D eigenvalue weighted by molar-refractivity contribution is 5.34. The first-order valence-electron chi connectivity index (χ1n) is 7.11. The van der Waals surface area contributed by atoms with Gasteiger partial charge in [0, 0.05) is 57.9 Å². The topological polar surface area (TPSA) is 59.5 Å². The van der Waals surface area contributed by atoms with Crippen LogP contribution in [0.4, 0.5) is 5.95 Å². The molecule has 1 aromatic rings. The normalized spacial score (nSPS) is 14.5. The van der Waals surface area contributed by atoms with Crippen LogP contribution in [0.5, 0.6) is 0 Å². The van der Waals surface area contributed by atoms with Gasteiger partial charge in [0.15, 0.2) is 0 Å². The number of anilines is 1. The number of nitrogens with zero attached hydrogens (tertiary/aromatic N) is 3. The maximum absolute atomic E-state index is 5.15. The molecule has 1 aliphatic rings. The standard InChI is InChI=1S/C14H24N4O2/c1-19-7-5-15-9-12-10-16-14(17-11-12)18(6-8-20-2)13-3-4-13/h10-11,13,15H,3-9H2,1-2H3. The summed E-state index contributed by atoms with van der Waals surface area (Å²) in [5.41, 5.74) is 1.09. The molecule has 6 heteroatoms. The van der Waals surface area contributed by atoms with Crippen molar-refractivity contribution in [3.8, 4) is 0 Å². The smallest absolute Gasteiger partial charge is 0.225 e. The third kappa shape index (κ3) is 4.70. The number of aromatic nitrogens is 2. The Bertz CT molecular complexity index is 381. The molecule has 0 spiro atoms. The Balaban J connectivity index is 1.85. The summed E-state index contributed by atoms with van der Waals surface area (Å²) < 4.78 is 10.1. The van der Waals surface area contributed by atoms with E-state index in [1.165, 1.54) is 12.8 Å². The minimum Gasteiger partial charge on any atom is -0.383 e. The summed E-state index contributed by atoms with van der Waals surface area (Å²) in [5, 5.41) is 3.28. The van der Waals surface area contributed by atoms with Gasteiger partial charge in [0.2, 0.25) is 5.95 Å². The molecule has 1 heterocycles. The van der Waals surface area contributed by atoms with Gasteiger partial charge in [-0.3, -0.25) is 0 Å². The van der Waals surface area contributed by atoms with Crippen LogP contribution in [0.2, 0.25) is 0 Å². The molecule has 0 aliphatic heterocycles. The van der Waals surface area contributed by atoms with Crippen molar-refractivity contribution < 1.29 is 9.47 Å². The lowest BCUT2D eigenvalue weighted by Gasteiger charge is -2.21. The maximum Gasteiger partial charge on any atom is 0.225 e. The Kier molecular flexibility index (Phi) is 6.17. The Morgan fingerprint density at radius 3 is 2.50 bits per heavy atom. The van der Waals surface area contributed by atoms with Gasteiger partial charge in [-0.25, -0.2) is 9.97 Å². The Hall–Kier alpha value is -1.24. The molecule has 6 nitrogen and oxygen atoms in total. The van der Waals surface area contributed by atoms with E-state index in [0.29, 0.717) is 19.3 Å². The molecule has 1 fully saturated rings. The van der Waals surface area contributed by atoms with Gasteiger partial charge in [-0.05, 0) is 12.8 Å². The average molecular weight is 280 g/mol. The minimum atomic E-state index is 0.593. The molecule has 0 atom stereocenters. The van der Waals surface area contributed by atoms with Crippen molar-refractivity contribution in [1.29, 1.82) is 0 Å². The molecule has 0 aromatic carbocycles. The molecule has 1 aromatic heterocycles. The Morgan fingerprint density at radius 2 is 1.90 bits per heavy atom. The van der Waals surface area contributed by atoms with Crippen LogP contribution in [0.3, 0.4) is 0 Å². The third-order valence-corrected chi connectivity index (χ3v) is 3.28. The zero-order chi connectivity index (χ0) is 14.2. The SMILES string of the molecule is COCCNCc1cnc(N(CCOC)C2CC2)nc1. The zero-order valence-electron chi connectivity index (χ0n) is 12.3. The van der Waals surface area contributed by atoms with E-state index in [1.54, 1.807) is 14.2 Å². The molecule has 0 radical (unpaired) electrons. The van der Waals surface area contributed by atoms with E-state index in [2.05, 4.69) is 20.2 Å². The van der Waals surface area contributed by atoms with Gasteiger partial charge < -0.3 is 19.7 Å². The molecule has 0 bridgehead atoms. The average Bonchev–Trinajstić information content (AvgIpc) is 3.30. The number of hydrogen-bond acceptors (Lipinski definition) is 6. The Morgan fingerprint density at radius 1 is 1.20 bits per heavy atom. The van der Waals surface area contributed by atoms with E-state index in [1.807, 2.05) is 12.4 Å². The highest BCUT2D eigenvalue weighted by atomic mass is 16.5. The molecule has 112 valence electrons. The van der Waals surface area contributed by atoms with Gasteiger partial charge in [0.25, 0.3) is 0 Å². The number of methoxy groups -OCH3 is 2. The van der Waals surface area contributed by atoms with Crippen LogP contribution in [0, 0.1) is 0 Å². The summed E-state index contributed by atoms with van der Waals surface area (Å²) in [4.78, 5) is 11.2. The van der Waals surface area contributed by atoms with Gasteiger partial charge in [-0.2, -0.15) is 0 Å². The molecule has 1 aliphatic carbocycles. The van der Waals surface area contributed by atoms with Gasteiger partial charge in [-0.1, -0.05) is 0 Å². The molecule has 2 rings (SSSR count). The van der Waals surface area contributed by atoms with Gasteiger partial charge >= 0.3 is 0 Å². The monoisotopic (exact) mass is 280 g/mol. The lowest BCUT2D eigenvalue weighted by atomic mass is 10.3. The van der Waals surface area contributed by atoms with E-state index in [0.717, 1.165) is 31.1 Å². The first kappa shape index (κ1) is 15.2. The molecule has 1 saturated carbocycles. The van der Waals surface area contributed by atoms with Crippen molar-refractivity contribution in [3.63, 3.8) is 0 Å². The summed E-state index contributed by atoms with van der Waals surface area (Å²) in [6, 6.07) is 0.593. The second kappa shape index (κ2) is 8.14. The van der Waals surface area contributed by atoms with E-state index in [4.69, 9.17) is 9.47 Å². The van der Waals surface area contributed by atoms with Crippen LogP contribution >= 0.6 is 0 Å². The number of rotatable bonds is 10. The highest BCUT2D eigenvalue weighted by Gasteiger charge is 2.30. The van der Waals surface area contributed by atoms with Crippen LogP contribution in [0.1, 0.15) is 18.4 Å². The second-order valence-corrected chi connectivity index (χ2v) is 4.98. The second-order valence-electron chi connectivity index (χ2n) is 4.98. The summed E-state index contributed by atoms with van der Waals surface area (Å²) in [5.74, 6) is 0.810. The van der Waals surface area contributed by atoms with Crippen LogP contribution in [0.25, 0.3) is 0 Å². The number of nitrogens with one attached hydrogen (secondary N) is 1. The van der Waals surface area contributed by atoms with Gasteiger partial charge in [0.1, 0.15) is 0 Å². The van der Waals surface area contributed by atoms with E-state index < -0.39 is 0 Å². The number of ether oxygens (including phenoxy) is 2. The molecule has 20 heavy (non-hydrogen) atoms. The fourth-order valence-electron chi connectivity index (χ4n) is 2.02. The van der Waals surface area contributed by atoms with E-state index >= 15 is 0 Å². The molecular weight excluding hydrogens is 256 g/mol. The maximum atomic E-state index is 5.15. The van der Waals surface area contributed by atoms with Crippen molar-refractivity contribution in [2.75, 3.05) is 45.4 Å². The molecular formula is C14H24N4O2. The third-order valence-electron chi connectivity index (χ3n) is 3.28. The quantitative estimate of drug-likeness (QED) is 0.641. The van der Waals surface area contributed by atoms with Crippen LogP contribution < -0.4 is 10.2 Å². The van der Waals surface area contributed by atoms with Crippen LogP contribution in [-0.2, 0) is 16.0 Å². The fourth-order valence-corrected chi connectivity index (χ4v) is 2.02. The summed E-state index contributed by atoms with van der Waals surface area (Å²) >= 11 is 0. The molecule has 0 unspecified atom stereocenters. The zero-order valence-corrected chi connectivity index (χ0v) is 12.3. The fraction of sp³-hybridized carbons (Fsp3) is 0.714. The Labute approximate surface area is 120 Å². The highest BCUT2D eigenvalue weighted by Crippen LogP contribution is 2.29. The lowest BCUT2D eigenvalue weighted by molar-refractivity contribution is 0.199. The predicted octanol–water partition coefficient (Wildman–Crippen LogP) is 0.828. The molecule has 0 saturated heterocycles. The van der Waals surface area contributed by atoms with Crippen molar-refractivity contribution >= 4 is 5.95 Å². The lowest BCUT2D eigenvalue weighted by Crippen LogP contribution is -2.31. The largest absolute Gasteiger partial charge is 0.383 e. The molecule has 0 amide bonds. The van der Waals surface area contributed by atoms with Crippen molar-refractivity contribution in [2.24, 2.45) is 0 Å². The molecule has 1 N–H and O–H groups in total. The van der Waals surface area contributed by atoms with Crippen molar-refractivity contribution in [1.82, 2.24) is 15.3 Å². The minimum absolute atomic E-state index is 0.593. The van der Waals surface area contributed by atoms with Crippen LogP contribution in [0.15, 0.2) is 12.4 Å². The van der Waals surface area contributed by atoms with E-state index in [9.17, 15) is 0 Å². The summed E-state index contributed by atoms with van der Waals surface area (Å²) in [6.07, 6.45) is 6.25. The van der Waals surface area contributed by atoms with Gasteiger partial charge in [-0.15, -0.1) is 0 Å². The summed E-state index contributed by atoms with van der Waals surface area (Å²) in [7, 11) is 3.42. The predicted molar refractivity (Wildman–Crippen MR) is 77.9 cm³/mol. The van der Waals surface area contributed by atoms with E-state index in [-0.39, 0.29) is 0 Å². The number of hydrogen-bond donors (Lipinski definition) is 1. The van der Waals surface area contributed by atoms with Crippen molar-refractivity contribution in [2.45, 2.75) is 25.4 Å². The summed E-state index contributed by atoms with van der Waals surface area (Å²) in [6.45, 7) is 3.88.